The number of hydrogen-bond acceptors (Lipinski definition) is 8. The zero-order valence-corrected chi connectivity index (χ0v) is 21.6. The van der Waals surface area contributed by atoms with Crippen LogP contribution in [-0.2, 0) is 14.3 Å². The van der Waals surface area contributed by atoms with Gasteiger partial charge < -0.3 is 30.3 Å². The highest BCUT2D eigenvalue weighted by Crippen LogP contribution is 2.77. The van der Waals surface area contributed by atoms with Crippen LogP contribution in [0.2, 0.25) is 0 Å². The molecule has 5 N–H and O–H groups in total. The van der Waals surface area contributed by atoms with Crippen molar-refractivity contribution in [1.29, 1.82) is 0 Å². The van der Waals surface area contributed by atoms with Crippen molar-refractivity contribution in [2.45, 2.75) is 101 Å². The molecule has 12 atom stereocenters. The average Bonchev–Trinajstić information content (AvgIpc) is 3.24. The monoisotopic (exact) mass is 502 g/mol. The van der Waals surface area contributed by atoms with E-state index in [-0.39, 0.29) is 36.9 Å². The van der Waals surface area contributed by atoms with Crippen LogP contribution in [0.4, 0.5) is 0 Å². The molecule has 0 unspecified atom stereocenters. The third kappa shape index (κ3) is 2.10. The van der Waals surface area contributed by atoms with Gasteiger partial charge in [-0.1, -0.05) is 19.9 Å². The lowest BCUT2D eigenvalue weighted by Crippen LogP contribution is -2.85. The summed E-state index contributed by atoms with van der Waals surface area (Å²) >= 11 is 0. The van der Waals surface area contributed by atoms with Crippen LogP contribution in [0, 0.1) is 34.5 Å². The van der Waals surface area contributed by atoms with Gasteiger partial charge in [0, 0.05) is 16.9 Å². The van der Waals surface area contributed by atoms with Gasteiger partial charge in [-0.2, -0.15) is 0 Å². The lowest BCUT2D eigenvalue weighted by Gasteiger charge is -2.73. The van der Waals surface area contributed by atoms with E-state index in [1.807, 2.05) is 6.92 Å². The molecule has 4 fully saturated rings. The van der Waals surface area contributed by atoms with Crippen LogP contribution < -0.4 is 0 Å². The van der Waals surface area contributed by atoms with Gasteiger partial charge in [-0.3, -0.25) is 4.79 Å². The van der Waals surface area contributed by atoms with Gasteiger partial charge in [-0.05, 0) is 82.3 Å². The smallest absolute Gasteiger partial charge is 0.334 e. The largest absolute Gasteiger partial charge is 0.445 e. The molecule has 1 aliphatic heterocycles. The van der Waals surface area contributed by atoms with E-state index in [4.69, 9.17) is 4.74 Å². The minimum absolute atomic E-state index is 0.0697. The summed E-state index contributed by atoms with van der Waals surface area (Å²) in [6.45, 7) is 8.55. The average molecular weight is 503 g/mol. The lowest BCUT2D eigenvalue weighted by molar-refractivity contribution is -0.366. The fourth-order valence-corrected chi connectivity index (χ4v) is 10.4. The first-order valence-corrected chi connectivity index (χ1v) is 13.2. The molecule has 1 heterocycles. The third-order valence-electron chi connectivity index (χ3n) is 12.7. The van der Waals surface area contributed by atoms with Gasteiger partial charge in [0.15, 0.2) is 11.4 Å². The van der Waals surface area contributed by atoms with Crippen LogP contribution in [0.3, 0.4) is 0 Å². The number of rotatable bonds is 0. The highest BCUT2D eigenvalue weighted by Gasteiger charge is 2.86. The molecule has 8 heteroatoms. The summed E-state index contributed by atoms with van der Waals surface area (Å²) in [6.07, 6.45) is 1.65. The van der Waals surface area contributed by atoms with Crippen LogP contribution in [0.15, 0.2) is 23.3 Å². The number of ketones is 1. The fourth-order valence-electron chi connectivity index (χ4n) is 10.4. The second-order valence-electron chi connectivity index (χ2n) is 13.1. The standard InChI is InChI=1S/C28H38O8/c1-13-14(2)28(36-22(13)32)21(31)15(3)25(33)10-8-17-16-11-20(30)26(34)9-6-7-19(29)23(26,4)18(16)12-27(28,35)24(17,25)5/h6-7,15-18,20-21,30-31,33-35H,8-12H2,1-5H3/t15-,16+,17+,18+,20-,21-,23+,24+,25-,26+,27-,28+/m1/s1. The number of aliphatic hydroxyl groups is 5. The number of ether oxygens (including phenoxy) is 1. The van der Waals surface area contributed by atoms with Crippen LogP contribution in [0.1, 0.15) is 66.7 Å². The first-order chi connectivity index (χ1) is 16.6. The van der Waals surface area contributed by atoms with E-state index in [2.05, 4.69) is 0 Å². The van der Waals surface area contributed by atoms with Crippen molar-refractivity contribution in [1.82, 2.24) is 0 Å². The second-order valence-corrected chi connectivity index (χ2v) is 13.1. The maximum Gasteiger partial charge on any atom is 0.334 e. The van der Waals surface area contributed by atoms with Gasteiger partial charge in [-0.25, -0.2) is 4.79 Å². The Labute approximate surface area is 211 Å². The fraction of sp³-hybridized carbons (Fsp3) is 0.786. The van der Waals surface area contributed by atoms with Gasteiger partial charge in [0.1, 0.15) is 17.3 Å². The Morgan fingerprint density at radius 3 is 2.31 bits per heavy atom. The topological polar surface area (TPSA) is 145 Å². The Hall–Kier alpha value is -1.58. The van der Waals surface area contributed by atoms with E-state index in [1.54, 1.807) is 33.8 Å². The van der Waals surface area contributed by atoms with Crippen molar-refractivity contribution in [3.63, 3.8) is 0 Å². The third-order valence-corrected chi connectivity index (χ3v) is 12.7. The molecule has 0 aromatic heterocycles. The number of aliphatic hydroxyl groups excluding tert-OH is 2. The van der Waals surface area contributed by atoms with Crippen LogP contribution >= 0.6 is 0 Å². The van der Waals surface area contributed by atoms with E-state index >= 15 is 0 Å². The van der Waals surface area contributed by atoms with E-state index in [9.17, 15) is 35.1 Å². The summed E-state index contributed by atoms with van der Waals surface area (Å²) in [7, 11) is 0. The summed E-state index contributed by atoms with van der Waals surface area (Å²) in [6, 6.07) is 0. The molecular formula is C28H38O8. The maximum absolute atomic E-state index is 13.5. The second kappa shape index (κ2) is 6.70. The number of fused-ring (bicyclic) bond motifs is 5. The van der Waals surface area contributed by atoms with Gasteiger partial charge in [0.05, 0.1) is 17.1 Å². The van der Waals surface area contributed by atoms with Crippen molar-refractivity contribution >= 4 is 11.8 Å². The Bertz CT molecular complexity index is 1140. The molecule has 0 bridgehead atoms. The van der Waals surface area contributed by atoms with Crippen molar-refractivity contribution < 1.29 is 39.9 Å². The van der Waals surface area contributed by atoms with E-state index in [1.165, 1.54) is 6.08 Å². The van der Waals surface area contributed by atoms with Gasteiger partial charge in [0.2, 0.25) is 0 Å². The summed E-state index contributed by atoms with van der Waals surface area (Å²) in [4.78, 5) is 26.4. The van der Waals surface area contributed by atoms with E-state index in [0.29, 0.717) is 24.0 Å². The predicted octanol–water partition coefficient (Wildman–Crippen LogP) is 1.17. The summed E-state index contributed by atoms with van der Waals surface area (Å²) in [5.41, 5.74) is -8.72. The predicted molar refractivity (Wildman–Crippen MR) is 127 cm³/mol. The zero-order chi connectivity index (χ0) is 26.4. The molecule has 1 spiro atoms. The Kier molecular flexibility index (Phi) is 4.60. The zero-order valence-electron chi connectivity index (χ0n) is 21.6. The highest BCUT2D eigenvalue weighted by atomic mass is 16.6. The van der Waals surface area contributed by atoms with E-state index in [0.717, 1.165) is 0 Å². The molecule has 4 saturated carbocycles. The van der Waals surface area contributed by atoms with Gasteiger partial charge in [-0.15, -0.1) is 0 Å². The molecule has 6 rings (SSSR count). The molecule has 36 heavy (non-hydrogen) atoms. The Morgan fingerprint density at radius 1 is 1.03 bits per heavy atom. The molecule has 5 aliphatic carbocycles. The maximum atomic E-state index is 13.5. The quantitative estimate of drug-likeness (QED) is 0.311. The van der Waals surface area contributed by atoms with Crippen molar-refractivity contribution in [2.75, 3.05) is 0 Å². The minimum Gasteiger partial charge on any atom is -0.445 e. The summed E-state index contributed by atoms with van der Waals surface area (Å²) in [5, 5.41) is 60.1. The molecular weight excluding hydrogens is 464 g/mol. The number of carbonyl (C=O) groups is 2. The van der Waals surface area contributed by atoms with Crippen LogP contribution in [0.25, 0.3) is 0 Å². The van der Waals surface area contributed by atoms with Gasteiger partial charge in [0.25, 0.3) is 0 Å². The molecule has 0 amide bonds. The molecule has 8 nitrogen and oxygen atoms in total. The summed E-state index contributed by atoms with van der Waals surface area (Å²) in [5.74, 6) is -2.80. The van der Waals surface area contributed by atoms with Crippen LogP contribution in [-0.4, -0.2) is 71.9 Å². The first kappa shape index (κ1) is 24.7. The molecule has 0 aromatic rings. The SMILES string of the molecule is CC1=C(C)[C@]2(OC1=O)[C@H](O)[C@@H](C)[C@]1(O)CC[C@H]3[C@@H]4C[C@@H](O)[C@@]5(O)CC=CC(=O)[C@]5(C)[C@H]4C[C@@]2(O)[C@@]31C. The Balaban J connectivity index is 1.64. The van der Waals surface area contributed by atoms with E-state index < -0.39 is 63.2 Å². The number of esters is 1. The first-order valence-electron chi connectivity index (χ1n) is 13.2. The molecule has 198 valence electrons. The van der Waals surface area contributed by atoms with Gasteiger partial charge >= 0.3 is 5.97 Å². The number of carbonyl (C=O) groups excluding carboxylic acids is 2. The molecule has 0 radical (unpaired) electrons. The lowest BCUT2D eigenvalue weighted by atomic mass is 9.34. The number of hydrogen-bond donors (Lipinski definition) is 5. The Morgan fingerprint density at radius 2 is 1.69 bits per heavy atom. The molecule has 0 aromatic carbocycles. The van der Waals surface area contributed by atoms with Crippen LogP contribution in [0.5, 0.6) is 0 Å². The molecule has 6 aliphatic rings. The minimum atomic E-state index is -1.92. The number of allylic oxidation sites excluding steroid dienone is 1. The summed E-state index contributed by atoms with van der Waals surface area (Å²) < 4.78 is 5.99. The van der Waals surface area contributed by atoms with Crippen molar-refractivity contribution in [2.24, 2.45) is 34.5 Å². The normalized spacial score (nSPS) is 59.6. The van der Waals surface area contributed by atoms with Crippen molar-refractivity contribution in [3.05, 3.63) is 23.3 Å². The van der Waals surface area contributed by atoms with Crippen molar-refractivity contribution in [3.8, 4) is 0 Å². The highest BCUT2D eigenvalue weighted by molar-refractivity contribution is 5.97. The molecule has 0 saturated heterocycles.